The first-order chi connectivity index (χ1) is 12.3. The highest BCUT2D eigenvalue weighted by Gasteiger charge is 2.34. The zero-order valence-electron chi connectivity index (χ0n) is 15.6. The minimum Gasteiger partial charge on any atom is -0.366 e. The molecule has 148 valence electrons. The van der Waals surface area contributed by atoms with E-state index >= 15 is 0 Å². The van der Waals surface area contributed by atoms with Gasteiger partial charge in [0.1, 0.15) is 5.82 Å². The van der Waals surface area contributed by atoms with Gasteiger partial charge in [-0.3, -0.25) is 9.78 Å². The summed E-state index contributed by atoms with van der Waals surface area (Å²) in [7, 11) is 0. The molecule has 27 heavy (non-hydrogen) atoms. The fourth-order valence-electron chi connectivity index (χ4n) is 1.97. The van der Waals surface area contributed by atoms with Crippen LogP contribution < -0.4 is 11.1 Å². The standard InChI is InChI=1S/C12H15F4N.C7H8N2O/c1-11(2,3)17-7-8-4-5-10(13)9(6-8)12(14,15)16;1-5-4-6(7(8)10)2-3-9-5/h4-6,17H,7H2,1-3H3;2-4H,1H3,(H2,8,10). The van der Waals surface area contributed by atoms with Crippen molar-refractivity contribution in [3.63, 3.8) is 0 Å². The number of nitrogens with two attached hydrogens (primary N) is 1. The van der Waals surface area contributed by atoms with Crippen LogP contribution in [0.5, 0.6) is 0 Å². The Morgan fingerprint density at radius 3 is 2.22 bits per heavy atom. The Labute approximate surface area is 155 Å². The summed E-state index contributed by atoms with van der Waals surface area (Å²) in [6.45, 7) is 7.79. The number of benzene rings is 1. The van der Waals surface area contributed by atoms with Crippen molar-refractivity contribution < 1.29 is 22.4 Å². The highest BCUT2D eigenvalue weighted by molar-refractivity contribution is 5.92. The summed E-state index contributed by atoms with van der Waals surface area (Å²) in [5, 5.41) is 3.05. The number of alkyl halides is 3. The molecule has 1 aromatic carbocycles. The van der Waals surface area contributed by atoms with Gasteiger partial charge in [-0.1, -0.05) is 6.07 Å². The third kappa shape index (κ3) is 8.17. The molecule has 3 N–H and O–H groups in total. The molecule has 2 aromatic rings. The Balaban J connectivity index is 0.000000309. The molecule has 2 rings (SSSR count). The lowest BCUT2D eigenvalue weighted by Crippen LogP contribution is -2.35. The summed E-state index contributed by atoms with van der Waals surface area (Å²) in [5.74, 6) is -1.65. The smallest absolute Gasteiger partial charge is 0.366 e. The SMILES string of the molecule is CC(C)(C)NCc1ccc(F)c(C(F)(F)F)c1.Cc1cc(C(N)=O)ccn1. The van der Waals surface area contributed by atoms with Gasteiger partial charge < -0.3 is 11.1 Å². The average molecular weight is 385 g/mol. The molecular weight excluding hydrogens is 362 g/mol. The zero-order valence-corrected chi connectivity index (χ0v) is 15.6. The first-order valence-corrected chi connectivity index (χ1v) is 8.13. The Hall–Kier alpha value is -2.48. The van der Waals surface area contributed by atoms with Crippen LogP contribution >= 0.6 is 0 Å². The van der Waals surface area contributed by atoms with E-state index in [1.165, 1.54) is 6.07 Å². The predicted octanol–water partition coefficient (Wildman–Crippen LogP) is 4.22. The maximum atomic E-state index is 13.0. The highest BCUT2D eigenvalue weighted by Crippen LogP contribution is 2.31. The number of aryl methyl sites for hydroxylation is 1. The summed E-state index contributed by atoms with van der Waals surface area (Å²) >= 11 is 0. The van der Waals surface area contributed by atoms with Crippen molar-refractivity contribution in [3.8, 4) is 0 Å². The van der Waals surface area contributed by atoms with E-state index in [0.717, 1.165) is 17.8 Å². The first kappa shape index (κ1) is 22.6. The third-order valence-electron chi connectivity index (χ3n) is 3.34. The molecule has 0 aliphatic rings. The number of hydrogen-bond donors (Lipinski definition) is 2. The van der Waals surface area contributed by atoms with Gasteiger partial charge in [-0.15, -0.1) is 0 Å². The Morgan fingerprint density at radius 2 is 1.78 bits per heavy atom. The van der Waals surface area contributed by atoms with Crippen LogP contribution in [0.15, 0.2) is 36.5 Å². The van der Waals surface area contributed by atoms with Crippen molar-refractivity contribution in [2.75, 3.05) is 0 Å². The Kier molecular flexibility index (Phi) is 7.47. The fraction of sp³-hybridized carbons (Fsp3) is 0.368. The molecule has 4 nitrogen and oxygen atoms in total. The number of nitrogens with one attached hydrogen (secondary N) is 1. The van der Waals surface area contributed by atoms with Gasteiger partial charge in [0.25, 0.3) is 0 Å². The van der Waals surface area contributed by atoms with E-state index in [1.807, 2.05) is 27.7 Å². The number of nitrogens with zero attached hydrogens (tertiary/aromatic N) is 1. The first-order valence-electron chi connectivity index (χ1n) is 8.13. The molecule has 0 saturated carbocycles. The molecule has 0 aliphatic heterocycles. The number of pyridine rings is 1. The van der Waals surface area contributed by atoms with E-state index < -0.39 is 23.5 Å². The number of primary amides is 1. The number of rotatable bonds is 3. The minimum atomic E-state index is -4.65. The van der Waals surface area contributed by atoms with E-state index in [1.54, 1.807) is 18.3 Å². The van der Waals surface area contributed by atoms with E-state index in [9.17, 15) is 22.4 Å². The number of hydrogen-bond acceptors (Lipinski definition) is 3. The number of halogens is 4. The number of aromatic nitrogens is 1. The van der Waals surface area contributed by atoms with Crippen molar-refractivity contribution in [2.45, 2.75) is 46.0 Å². The lowest BCUT2D eigenvalue weighted by Gasteiger charge is -2.21. The molecule has 1 amide bonds. The van der Waals surface area contributed by atoms with Crippen LogP contribution in [-0.2, 0) is 12.7 Å². The van der Waals surface area contributed by atoms with Crippen LogP contribution in [0.3, 0.4) is 0 Å². The van der Waals surface area contributed by atoms with Crippen LogP contribution in [-0.4, -0.2) is 16.4 Å². The number of carbonyl (C=O) groups is 1. The molecule has 1 heterocycles. The van der Waals surface area contributed by atoms with Gasteiger partial charge in [0.15, 0.2) is 0 Å². The molecule has 0 radical (unpaired) electrons. The number of amides is 1. The van der Waals surface area contributed by atoms with Gasteiger partial charge in [0.2, 0.25) is 5.91 Å². The van der Waals surface area contributed by atoms with Crippen LogP contribution in [0.4, 0.5) is 17.6 Å². The van der Waals surface area contributed by atoms with E-state index in [4.69, 9.17) is 5.73 Å². The van der Waals surface area contributed by atoms with E-state index in [0.29, 0.717) is 11.1 Å². The monoisotopic (exact) mass is 385 g/mol. The Morgan fingerprint density at radius 1 is 1.15 bits per heavy atom. The number of carbonyl (C=O) groups excluding carboxylic acids is 1. The summed E-state index contributed by atoms with van der Waals surface area (Å²) in [4.78, 5) is 14.5. The third-order valence-corrected chi connectivity index (χ3v) is 3.34. The summed E-state index contributed by atoms with van der Waals surface area (Å²) in [6, 6.07) is 6.29. The van der Waals surface area contributed by atoms with Crippen molar-refractivity contribution in [3.05, 3.63) is 64.7 Å². The lowest BCUT2D eigenvalue weighted by atomic mass is 10.1. The van der Waals surface area contributed by atoms with Gasteiger partial charge in [-0.05, 0) is 57.5 Å². The quantitative estimate of drug-likeness (QED) is 0.778. The van der Waals surface area contributed by atoms with Gasteiger partial charge in [-0.2, -0.15) is 13.2 Å². The molecule has 0 saturated heterocycles. The Bertz CT molecular complexity index is 783. The molecular formula is C19H23F4N3O. The second-order valence-corrected chi connectivity index (χ2v) is 6.97. The largest absolute Gasteiger partial charge is 0.419 e. The summed E-state index contributed by atoms with van der Waals surface area (Å²) in [5.41, 5.74) is 5.32. The lowest BCUT2D eigenvalue weighted by molar-refractivity contribution is -0.140. The summed E-state index contributed by atoms with van der Waals surface area (Å²) in [6.07, 6.45) is -3.09. The van der Waals surface area contributed by atoms with Crippen molar-refractivity contribution in [1.29, 1.82) is 0 Å². The second-order valence-electron chi connectivity index (χ2n) is 6.97. The maximum Gasteiger partial charge on any atom is 0.419 e. The minimum absolute atomic E-state index is 0.202. The molecule has 0 atom stereocenters. The molecule has 8 heteroatoms. The van der Waals surface area contributed by atoms with Crippen molar-refractivity contribution in [1.82, 2.24) is 10.3 Å². The second kappa shape index (κ2) is 8.94. The molecule has 0 fully saturated rings. The van der Waals surface area contributed by atoms with Crippen LogP contribution in [0.2, 0.25) is 0 Å². The average Bonchev–Trinajstić information content (AvgIpc) is 2.53. The van der Waals surface area contributed by atoms with Crippen molar-refractivity contribution >= 4 is 5.91 Å². The maximum absolute atomic E-state index is 13.0. The van der Waals surface area contributed by atoms with E-state index in [-0.39, 0.29) is 12.1 Å². The molecule has 0 aliphatic carbocycles. The van der Waals surface area contributed by atoms with E-state index in [2.05, 4.69) is 10.3 Å². The fourth-order valence-corrected chi connectivity index (χ4v) is 1.97. The highest BCUT2D eigenvalue weighted by atomic mass is 19.4. The summed E-state index contributed by atoms with van der Waals surface area (Å²) < 4.78 is 50.3. The van der Waals surface area contributed by atoms with Crippen LogP contribution in [0, 0.1) is 12.7 Å². The molecule has 0 spiro atoms. The molecule has 0 bridgehead atoms. The van der Waals surface area contributed by atoms with Gasteiger partial charge in [0.05, 0.1) is 5.56 Å². The van der Waals surface area contributed by atoms with Crippen LogP contribution in [0.25, 0.3) is 0 Å². The topological polar surface area (TPSA) is 68.0 Å². The molecule has 0 unspecified atom stereocenters. The van der Waals surface area contributed by atoms with Gasteiger partial charge >= 0.3 is 6.18 Å². The van der Waals surface area contributed by atoms with Gasteiger partial charge in [-0.25, -0.2) is 4.39 Å². The molecule has 1 aromatic heterocycles. The van der Waals surface area contributed by atoms with Crippen molar-refractivity contribution in [2.24, 2.45) is 5.73 Å². The van der Waals surface area contributed by atoms with Gasteiger partial charge in [0, 0.05) is 29.5 Å². The predicted molar refractivity (Wildman–Crippen MR) is 95.5 cm³/mol. The zero-order chi connectivity index (χ0) is 20.8. The van der Waals surface area contributed by atoms with Crippen LogP contribution in [0.1, 0.15) is 48.0 Å². The normalized spacial score (nSPS) is 11.6.